The maximum atomic E-state index is 9.63. The fourth-order valence-electron chi connectivity index (χ4n) is 1.37. The molecular formula is C12H22O. The Morgan fingerprint density at radius 3 is 2.62 bits per heavy atom. The number of hydrogen-bond acceptors (Lipinski definition) is 1. The molecule has 0 radical (unpaired) electrons. The molecule has 0 fully saturated rings. The topological polar surface area (TPSA) is 20.2 Å². The second-order valence-corrected chi connectivity index (χ2v) is 3.46. The first-order chi connectivity index (χ1) is 6.24. The molecule has 13 heavy (non-hydrogen) atoms. The normalized spacial score (nSPS) is 15.9. The highest BCUT2D eigenvalue weighted by Crippen LogP contribution is 2.13. The van der Waals surface area contributed by atoms with E-state index in [1.807, 2.05) is 19.1 Å². The van der Waals surface area contributed by atoms with Crippen LogP contribution in [-0.2, 0) is 0 Å². The fourth-order valence-corrected chi connectivity index (χ4v) is 1.37. The molecule has 2 unspecified atom stereocenters. The van der Waals surface area contributed by atoms with Gasteiger partial charge in [-0.1, -0.05) is 38.0 Å². The van der Waals surface area contributed by atoms with Gasteiger partial charge in [-0.2, -0.15) is 0 Å². The number of rotatable bonds is 7. The number of unbranched alkanes of at least 4 members (excludes halogenated alkanes) is 1. The van der Waals surface area contributed by atoms with Crippen molar-refractivity contribution in [3.63, 3.8) is 0 Å². The summed E-state index contributed by atoms with van der Waals surface area (Å²) < 4.78 is 0. The Hall–Kier alpha value is -0.560. The zero-order chi connectivity index (χ0) is 10.1. The fraction of sp³-hybridized carbons (Fsp3) is 0.667. The van der Waals surface area contributed by atoms with Crippen molar-refractivity contribution in [3.8, 4) is 0 Å². The molecule has 0 aliphatic heterocycles. The Morgan fingerprint density at radius 1 is 1.46 bits per heavy atom. The van der Waals surface area contributed by atoms with E-state index in [9.17, 15) is 5.11 Å². The van der Waals surface area contributed by atoms with Crippen molar-refractivity contribution in [1.82, 2.24) is 0 Å². The Bertz CT molecular complexity index is 149. The predicted octanol–water partition coefficient (Wildman–Crippen LogP) is 3.31. The molecular weight excluding hydrogens is 160 g/mol. The minimum atomic E-state index is -0.167. The second kappa shape index (κ2) is 8.06. The molecule has 1 N–H and O–H groups in total. The van der Waals surface area contributed by atoms with Gasteiger partial charge in [0.1, 0.15) is 0 Å². The van der Waals surface area contributed by atoms with E-state index in [1.54, 1.807) is 0 Å². The first-order valence-corrected chi connectivity index (χ1v) is 5.18. The van der Waals surface area contributed by atoms with Gasteiger partial charge in [-0.05, 0) is 25.7 Å². The zero-order valence-electron chi connectivity index (χ0n) is 8.87. The minimum absolute atomic E-state index is 0.167. The lowest BCUT2D eigenvalue weighted by molar-refractivity contribution is 0.144. The van der Waals surface area contributed by atoms with Crippen LogP contribution in [0.4, 0.5) is 0 Å². The SMILES string of the molecule is C=CC(C=CC)CC(O)CCCC. The summed E-state index contributed by atoms with van der Waals surface area (Å²) >= 11 is 0. The van der Waals surface area contributed by atoms with E-state index >= 15 is 0 Å². The molecule has 0 bridgehead atoms. The van der Waals surface area contributed by atoms with Crippen LogP contribution in [0.1, 0.15) is 39.5 Å². The molecule has 76 valence electrons. The summed E-state index contributed by atoms with van der Waals surface area (Å²) in [5.41, 5.74) is 0. The lowest BCUT2D eigenvalue weighted by atomic mass is 9.98. The van der Waals surface area contributed by atoms with Crippen molar-refractivity contribution < 1.29 is 5.11 Å². The Kier molecular flexibility index (Phi) is 7.71. The van der Waals surface area contributed by atoms with E-state index in [-0.39, 0.29) is 6.10 Å². The molecule has 1 heteroatoms. The summed E-state index contributed by atoms with van der Waals surface area (Å²) in [6, 6.07) is 0. The van der Waals surface area contributed by atoms with Gasteiger partial charge >= 0.3 is 0 Å². The van der Waals surface area contributed by atoms with Crippen LogP contribution < -0.4 is 0 Å². The second-order valence-electron chi connectivity index (χ2n) is 3.46. The van der Waals surface area contributed by atoms with Crippen molar-refractivity contribution in [2.75, 3.05) is 0 Å². The first-order valence-electron chi connectivity index (χ1n) is 5.18. The molecule has 0 rings (SSSR count). The lowest BCUT2D eigenvalue weighted by Crippen LogP contribution is -2.10. The van der Waals surface area contributed by atoms with Crippen LogP contribution in [0, 0.1) is 5.92 Å². The van der Waals surface area contributed by atoms with Crippen LogP contribution in [0.3, 0.4) is 0 Å². The third-order valence-corrected chi connectivity index (χ3v) is 2.18. The van der Waals surface area contributed by atoms with E-state index in [0.29, 0.717) is 5.92 Å². The highest BCUT2D eigenvalue weighted by Gasteiger charge is 2.07. The van der Waals surface area contributed by atoms with E-state index in [4.69, 9.17) is 0 Å². The average molecular weight is 182 g/mol. The largest absolute Gasteiger partial charge is 0.393 e. The summed E-state index contributed by atoms with van der Waals surface area (Å²) in [5.74, 6) is 0.330. The van der Waals surface area contributed by atoms with Gasteiger partial charge in [0, 0.05) is 0 Å². The maximum absolute atomic E-state index is 9.63. The molecule has 0 aliphatic rings. The highest BCUT2D eigenvalue weighted by molar-refractivity contribution is 4.96. The number of allylic oxidation sites excluding steroid dienone is 3. The standard InChI is InChI=1S/C12H22O/c1-4-7-9-12(13)10-11(6-3)8-5-2/h5-6,8,11-13H,3-4,7,9-10H2,1-2H3. The molecule has 0 spiro atoms. The van der Waals surface area contributed by atoms with Crippen LogP contribution >= 0.6 is 0 Å². The molecule has 0 aromatic heterocycles. The van der Waals surface area contributed by atoms with Crippen molar-refractivity contribution in [3.05, 3.63) is 24.8 Å². The summed E-state index contributed by atoms with van der Waals surface area (Å²) in [6.07, 6.45) is 9.82. The molecule has 0 aliphatic carbocycles. The van der Waals surface area contributed by atoms with Crippen LogP contribution in [-0.4, -0.2) is 11.2 Å². The molecule has 0 saturated carbocycles. The van der Waals surface area contributed by atoms with Gasteiger partial charge < -0.3 is 5.11 Å². The van der Waals surface area contributed by atoms with Gasteiger partial charge in [-0.3, -0.25) is 0 Å². The first kappa shape index (κ1) is 12.4. The van der Waals surface area contributed by atoms with Gasteiger partial charge in [-0.15, -0.1) is 6.58 Å². The van der Waals surface area contributed by atoms with Crippen LogP contribution in [0.15, 0.2) is 24.8 Å². The Morgan fingerprint density at radius 2 is 2.15 bits per heavy atom. The summed E-state index contributed by atoms with van der Waals surface area (Å²) in [5, 5.41) is 9.63. The lowest BCUT2D eigenvalue weighted by Gasteiger charge is -2.13. The predicted molar refractivity (Wildman–Crippen MR) is 58.6 cm³/mol. The van der Waals surface area contributed by atoms with E-state index in [2.05, 4.69) is 19.6 Å². The van der Waals surface area contributed by atoms with E-state index in [0.717, 1.165) is 25.7 Å². The molecule has 0 amide bonds. The maximum Gasteiger partial charge on any atom is 0.0548 e. The number of aliphatic hydroxyl groups excluding tert-OH is 1. The molecule has 2 atom stereocenters. The third-order valence-electron chi connectivity index (χ3n) is 2.18. The summed E-state index contributed by atoms with van der Waals surface area (Å²) in [7, 11) is 0. The van der Waals surface area contributed by atoms with Crippen molar-refractivity contribution >= 4 is 0 Å². The molecule has 0 saturated heterocycles. The average Bonchev–Trinajstić information content (AvgIpc) is 2.14. The quantitative estimate of drug-likeness (QED) is 0.599. The van der Waals surface area contributed by atoms with Crippen LogP contribution in [0.2, 0.25) is 0 Å². The molecule has 0 aromatic carbocycles. The van der Waals surface area contributed by atoms with Gasteiger partial charge in [0.2, 0.25) is 0 Å². The molecule has 1 nitrogen and oxygen atoms in total. The number of aliphatic hydroxyl groups is 1. The third kappa shape index (κ3) is 6.59. The van der Waals surface area contributed by atoms with Gasteiger partial charge in [-0.25, -0.2) is 0 Å². The number of hydrogen-bond donors (Lipinski definition) is 1. The summed E-state index contributed by atoms with van der Waals surface area (Å²) in [6.45, 7) is 7.89. The van der Waals surface area contributed by atoms with Crippen molar-refractivity contribution in [2.24, 2.45) is 5.92 Å². The summed E-state index contributed by atoms with van der Waals surface area (Å²) in [4.78, 5) is 0. The van der Waals surface area contributed by atoms with Crippen molar-refractivity contribution in [2.45, 2.75) is 45.6 Å². The van der Waals surface area contributed by atoms with E-state index < -0.39 is 0 Å². The van der Waals surface area contributed by atoms with Crippen LogP contribution in [0.25, 0.3) is 0 Å². The van der Waals surface area contributed by atoms with Gasteiger partial charge in [0.15, 0.2) is 0 Å². The Balaban J connectivity index is 3.72. The monoisotopic (exact) mass is 182 g/mol. The van der Waals surface area contributed by atoms with Gasteiger partial charge in [0.25, 0.3) is 0 Å². The Labute approximate surface area is 82.2 Å². The minimum Gasteiger partial charge on any atom is -0.393 e. The smallest absolute Gasteiger partial charge is 0.0548 e. The van der Waals surface area contributed by atoms with Crippen molar-refractivity contribution in [1.29, 1.82) is 0 Å². The highest BCUT2D eigenvalue weighted by atomic mass is 16.3. The van der Waals surface area contributed by atoms with E-state index in [1.165, 1.54) is 0 Å². The molecule has 0 heterocycles. The zero-order valence-corrected chi connectivity index (χ0v) is 8.87. The van der Waals surface area contributed by atoms with Crippen LogP contribution in [0.5, 0.6) is 0 Å². The molecule has 0 aromatic rings. The van der Waals surface area contributed by atoms with Gasteiger partial charge in [0.05, 0.1) is 6.10 Å².